The molecule has 0 amide bonds. The minimum absolute atomic E-state index is 0.0979. The number of hydrogen-bond donors (Lipinski definition) is 3. The molecule has 0 saturated carbocycles. The largest absolute Gasteiger partial charge is 0.393 e. The van der Waals surface area contributed by atoms with Crippen LogP contribution in [0.5, 0.6) is 0 Å². The first-order chi connectivity index (χ1) is 13.0. The minimum Gasteiger partial charge on any atom is -0.393 e. The van der Waals surface area contributed by atoms with E-state index in [2.05, 4.69) is 10.3 Å². The molecule has 1 aromatic heterocycles. The highest BCUT2D eigenvalue weighted by molar-refractivity contribution is 5.35. The molecule has 1 atom stereocenters. The van der Waals surface area contributed by atoms with Crippen LogP contribution in [0.2, 0.25) is 0 Å². The Labute approximate surface area is 154 Å². The van der Waals surface area contributed by atoms with Gasteiger partial charge in [-0.3, -0.25) is 14.3 Å². The van der Waals surface area contributed by atoms with Crippen molar-refractivity contribution in [3.63, 3.8) is 0 Å². The van der Waals surface area contributed by atoms with E-state index in [0.29, 0.717) is 5.56 Å². The number of anilines is 1. The van der Waals surface area contributed by atoms with Crippen LogP contribution in [0.25, 0.3) is 0 Å². The second kappa shape index (κ2) is 8.01. The molecule has 1 unspecified atom stereocenters. The van der Waals surface area contributed by atoms with Gasteiger partial charge in [0.1, 0.15) is 5.82 Å². The van der Waals surface area contributed by atoms with E-state index in [0.717, 1.165) is 10.1 Å². The maximum absolute atomic E-state index is 15.0. The molecule has 27 heavy (non-hydrogen) atoms. The van der Waals surface area contributed by atoms with E-state index in [-0.39, 0.29) is 18.9 Å². The Balaban J connectivity index is 1.78. The van der Waals surface area contributed by atoms with Gasteiger partial charge >= 0.3 is 5.69 Å². The molecule has 0 saturated heterocycles. The van der Waals surface area contributed by atoms with Crippen LogP contribution < -0.4 is 16.6 Å². The molecular formula is C20H20FN3O3. The molecule has 6 nitrogen and oxygen atoms in total. The average Bonchev–Trinajstić information content (AvgIpc) is 2.70. The van der Waals surface area contributed by atoms with Crippen molar-refractivity contribution in [3.8, 4) is 0 Å². The lowest BCUT2D eigenvalue weighted by molar-refractivity contribution is 0.0807. The molecule has 2 aromatic carbocycles. The first-order valence-electron chi connectivity index (χ1n) is 8.49. The van der Waals surface area contributed by atoms with Crippen LogP contribution in [0.3, 0.4) is 0 Å². The van der Waals surface area contributed by atoms with E-state index in [9.17, 15) is 14.7 Å². The second-order valence-electron chi connectivity index (χ2n) is 6.24. The summed E-state index contributed by atoms with van der Waals surface area (Å²) in [7, 11) is 0. The standard InChI is InChI=1S/C20H20FN3O3/c21-20(14-25,16-9-5-2-6-10-16)13-22-17-11-18(26)24(19(27)23-17)12-15-7-3-1-4-8-15/h1-11,22,25H,12-14H2,(H,23,27). The molecule has 140 valence electrons. The van der Waals surface area contributed by atoms with Crippen LogP contribution in [-0.4, -0.2) is 27.8 Å². The number of aromatic amines is 1. The summed E-state index contributed by atoms with van der Waals surface area (Å²) in [6.45, 7) is -0.895. The molecule has 0 aliphatic heterocycles. The van der Waals surface area contributed by atoms with Gasteiger partial charge in [-0.15, -0.1) is 0 Å². The van der Waals surface area contributed by atoms with Crippen molar-refractivity contribution >= 4 is 5.82 Å². The Morgan fingerprint density at radius 3 is 2.26 bits per heavy atom. The van der Waals surface area contributed by atoms with Crippen molar-refractivity contribution in [1.82, 2.24) is 9.55 Å². The fraction of sp³-hybridized carbons (Fsp3) is 0.200. The summed E-state index contributed by atoms with van der Waals surface area (Å²) in [6, 6.07) is 18.6. The molecule has 1 heterocycles. The van der Waals surface area contributed by atoms with E-state index in [1.807, 2.05) is 30.3 Å². The van der Waals surface area contributed by atoms with Gasteiger partial charge in [-0.05, 0) is 11.1 Å². The Bertz CT molecular complexity index is 971. The number of aromatic nitrogens is 2. The Morgan fingerprint density at radius 1 is 1.04 bits per heavy atom. The molecule has 0 fully saturated rings. The topological polar surface area (TPSA) is 87.1 Å². The van der Waals surface area contributed by atoms with Crippen LogP contribution >= 0.6 is 0 Å². The molecule has 0 aliphatic carbocycles. The first-order valence-corrected chi connectivity index (χ1v) is 8.49. The molecule has 0 spiro atoms. The fourth-order valence-corrected chi connectivity index (χ4v) is 2.75. The summed E-state index contributed by atoms with van der Waals surface area (Å²) >= 11 is 0. The lowest BCUT2D eigenvalue weighted by Gasteiger charge is -2.24. The monoisotopic (exact) mass is 369 g/mol. The second-order valence-corrected chi connectivity index (χ2v) is 6.24. The molecular weight excluding hydrogens is 349 g/mol. The molecule has 3 aromatic rings. The number of aliphatic hydroxyl groups is 1. The number of nitrogens with zero attached hydrogens (tertiary/aromatic N) is 1. The lowest BCUT2D eigenvalue weighted by Crippen LogP contribution is -2.38. The van der Waals surface area contributed by atoms with Crippen LogP contribution in [0.4, 0.5) is 10.2 Å². The van der Waals surface area contributed by atoms with Crippen LogP contribution in [0.1, 0.15) is 11.1 Å². The summed E-state index contributed by atoms with van der Waals surface area (Å²) in [5.74, 6) is 0.0979. The molecule has 3 N–H and O–H groups in total. The van der Waals surface area contributed by atoms with E-state index >= 15 is 4.39 Å². The average molecular weight is 369 g/mol. The Hall–Kier alpha value is -3.19. The van der Waals surface area contributed by atoms with Gasteiger partial charge in [0.2, 0.25) is 0 Å². The minimum atomic E-state index is -2.04. The van der Waals surface area contributed by atoms with Gasteiger partial charge < -0.3 is 10.4 Å². The van der Waals surface area contributed by atoms with Crippen molar-refractivity contribution in [3.05, 3.63) is 98.7 Å². The molecule has 7 heteroatoms. The highest BCUT2D eigenvalue weighted by Crippen LogP contribution is 2.25. The molecule has 0 radical (unpaired) electrons. The van der Waals surface area contributed by atoms with E-state index < -0.39 is 23.5 Å². The van der Waals surface area contributed by atoms with E-state index in [4.69, 9.17) is 0 Å². The maximum Gasteiger partial charge on any atom is 0.330 e. The zero-order valence-corrected chi connectivity index (χ0v) is 14.6. The van der Waals surface area contributed by atoms with E-state index in [1.54, 1.807) is 30.3 Å². The van der Waals surface area contributed by atoms with Gasteiger partial charge in [0.15, 0.2) is 5.67 Å². The van der Waals surface area contributed by atoms with Crippen molar-refractivity contribution in [2.45, 2.75) is 12.2 Å². The number of benzene rings is 2. The zero-order valence-electron chi connectivity index (χ0n) is 14.6. The van der Waals surface area contributed by atoms with Gasteiger partial charge in [0, 0.05) is 6.07 Å². The number of H-pyrrole nitrogens is 1. The molecule has 0 bridgehead atoms. The van der Waals surface area contributed by atoms with Gasteiger partial charge in [-0.2, -0.15) is 0 Å². The Morgan fingerprint density at radius 2 is 1.67 bits per heavy atom. The van der Waals surface area contributed by atoms with Crippen LogP contribution in [0, 0.1) is 0 Å². The highest BCUT2D eigenvalue weighted by Gasteiger charge is 2.31. The van der Waals surface area contributed by atoms with Crippen molar-refractivity contribution in [1.29, 1.82) is 0 Å². The smallest absolute Gasteiger partial charge is 0.330 e. The zero-order chi connectivity index (χ0) is 19.3. The van der Waals surface area contributed by atoms with E-state index in [1.165, 1.54) is 6.07 Å². The maximum atomic E-state index is 15.0. The van der Waals surface area contributed by atoms with Gasteiger partial charge in [0.05, 0.1) is 19.7 Å². The predicted molar refractivity (Wildman–Crippen MR) is 102 cm³/mol. The van der Waals surface area contributed by atoms with Crippen molar-refractivity contribution < 1.29 is 9.50 Å². The number of rotatable bonds is 7. The quantitative estimate of drug-likeness (QED) is 0.593. The number of nitrogens with one attached hydrogen (secondary N) is 2. The summed E-state index contributed by atoms with van der Waals surface area (Å²) in [4.78, 5) is 27.1. The van der Waals surface area contributed by atoms with Crippen molar-refractivity contribution in [2.24, 2.45) is 0 Å². The first kappa shape index (κ1) is 18.6. The van der Waals surface area contributed by atoms with Gasteiger partial charge in [-0.25, -0.2) is 9.18 Å². The normalized spacial score (nSPS) is 13.1. The predicted octanol–water partition coefficient (Wildman–Crippen LogP) is 1.85. The van der Waals surface area contributed by atoms with Gasteiger partial charge in [0.25, 0.3) is 5.56 Å². The van der Waals surface area contributed by atoms with Gasteiger partial charge in [-0.1, -0.05) is 60.7 Å². The Kier molecular flexibility index (Phi) is 5.52. The number of hydrogen-bond acceptors (Lipinski definition) is 4. The summed E-state index contributed by atoms with van der Waals surface area (Å²) in [5.41, 5.74) is -2.02. The number of aliphatic hydroxyl groups excluding tert-OH is 1. The number of halogens is 1. The third-order valence-electron chi connectivity index (χ3n) is 4.30. The third-order valence-corrected chi connectivity index (χ3v) is 4.30. The fourth-order valence-electron chi connectivity index (χ4n) is 2.75. The third kappa shape index (κ3) is 4.32. The SMILES string of the molecule is O=c1cc(NCC(F)(CO)c2ccccc2)[nH]c(=O)n1Cc1ccccc1. The van der Waals surface area contributed by atoms with Crippen LogP contribution in [-0.2, 0) is 12.2 Å². The summed E-state index contributed by atoms with van der Waals surface area (Å²) < 4.78 is 16.1. The molecule has 3 rings (SSSR count). The van der Waals surface area contributed by atoms with Crippen molar-refractivity contribution in [2.75, 3.05) is 18.5 Å². The lowest BCUT2D eigenvalue weighted by atomic mass is 9.96. The molecule has 0 aliphatic rings. The summed E-state index contributed by atoms with van der Waals surface area (Å²) in [5, 5.41) is 12.2. The van der Waals surface area contributed by atoms with Crippen LogP contribution in [0.15, 0.2) is 76.3 Å². The highest BCUT2D eigenvalue weighted by atomic mass is 19.1. The summed E-state index contributed by atoms with van der Waals surface area (Å²) in [6.07, 6.45) is 0. The number of alkyl halides is 1.